The Labute approximate surface area is 154 Å². The number of rotatable bonds is 2. The Bertz CT molecular complexity index is 359. The summed E-state index contributed by atoms with van der Waals surface area (Å²) in [5, 5.41) is 5.25. The first-order valence-electron chi connectivity index (χ1n) is 9.79. The summed E-state index contributed by atoms with van der Waals surface area (Å²) in [6.07, 6.45) is 14.7. The maximum absolute atomic E-state index is 8.60. The van der Waals surface area contributed by atoms with E-state index in [1.54, 1.807) is 0 Å². The van der Waals surface area contributed by atoms with E-state index in [0.717, 1.165) is 29.8 Å². The predicted molar refractivity (Wildman–Crippen MR) is 87.6 cm³/mol. The highest BCUT2D eigenvalue weighted by atomic mass is 35.7. The zero-order valence-electron chi connectivity index (χ0n) is 15.9. The van der Waals surface area contributed by atoms with E-state index in [9.17, 15) is 0 Å². The number of hydrazine groups is 1. The van der Waals surface area contributed by atoms with E-state index in [-0.39, 0.29) is 0 Å². The van der Waals surface area contributed by atoms with Crippen LogP contribution in [0.25, 0.3) is 0 Å². The third-order valence-electron chi connectivity index (χ3n) is 6.70. The van der Waals surface area contributed by atoms with E-state index in [1.807, 2.05) is 0 Å². The normalized spacial score (nSPS) is 34.0. The molecule has 2 saturated carbocycles. The summed E-state index contributed by atoms with van der Waals surface area (Å²) in [5.41, 5.74) is 0. The Hall–Kier alpha value is 0.0500. The van der Waals surface area contributed by atoms with Crippen molar-refractivity contribution >= 4 is 0 Å². The molecule has 3 fully saturated rings. The Morgan fingerprint density at radius 2 is 1.00 bits per heavy atom. The average molecular weight is 379 g/mol. The lowest BCUT2D eigenvalue weighted by atomic mass is 9.73. The predicted octanol–water partition coefficient (Wildman–Crippen LogP) is 0.189. The Balaban J connectivity index is 0.000000399. The van der Waals surface area contributed by atoms with Gasteiger partial charge in [0.05, 0.1) is 14.9 Å². The molecule has 1 heterocycles. The maximum atomic E-state index is 8.60. The highest BCUT2D eigenvalue weighted by molar-refractivity contribution is 4.97. The number of nitrogens with zero attached hydrogens (tertiary/aromatic N) is 2. The molecular weight excluding hydrogens is 344 g/mol. The minimum Gasteiger partial charge on any atom is -0.241 e. The lowest BCUT2D eigenvalue weighted by Gasteiger charge is -2.35. The van der Waals surface area contributed by atoms with Gasteiger partial charge in [-0.05, 0) is 43.4 Å². The van der Waals surface area contributed by atoms with Crippen molar-refractivity contribution in [3.63, 3.8) is 0 Å². The maximum Gasteiger partial charge on any atom is 0.0777 e. The van der Waals surface area contributed by atoms with Crippen LogP contribution in [-0.4, -0.2) is 40.9 Å². The van der Waals surface area contributed by atoms with Gasteiger partial charge in [-0.2, -0.15) is 14.0 Å². The van der Waals surface area contributed by atoms with Crippen LogP contribution in [0, 0.1) is 28.0 Å². The number of hydrogen-bond acceptors (Lipinski definition) is 6. The largest absolute Gasteiger partial charge is 0.241 e. The molecule has 0 spiro atoms. The Kier molecular flexibility index (Phi) is 7.95. The molecule has 0 aromatic heterocycles. The fourth-order valence-electron chi connectivity index (χ4n) is 5.72. The van der Waals surface area contributed by atoms with Gasteiger partial charge in [-0.15, -0.1) is 0 Å². The molecule has 7 heteroatoms. The first-order valence-corrected chi connectivity index (χ1v) is 11.1. The van der Waals surface area contributed by atoms with Crippen LogP contribution in [0.4, 0.5) is 0 Å². The average Bonchev–Trinajstić information content (AvgIpc) is 2.77. The Morgan fingerprint density at radius 1 is 0.720 bits per heavy atom. The zero-order valence-corrected chi connectivity index (χ0v) is 16.7. The van der Waals surface area contributed by atoms with Gasteiger partial charge in [0.15, 0.2) is 0 Å². The van der Waals surface area contributed by atoms with Gasteiger partial charge in [-0.25, -0.2) is 10.0 Å². The van der Waals surface area contributed by atoms with E-state index in [2.05, 4.69) is 31.0 Å². The smallest absolute Gasteiger partial charge is 0.0777 e. The second-order valence-electron chi connectivity index (χ2n) is 8.18. The molecule has 1 N–H and O–H groups in total. The molecule has 3 rings (SSSR count). The molecule has 1 saturated heterocycles. The summed E-state index contributed by atoms with van der Waals surface area (Å²) in [6.45, 7) is 2.55. The molecule has 2 atom stereocenters. The number of hydrogen-bond donors (Lipinski definition) is 1. The highest BCUT2D eigenvalue weighted by Gasteiger charge is 2.47. The Morgan fingerprint density at radius 3 is 1.28 bits per heavy atom. The lowest BCUT2D eigenvalue weighted by Crippen LogP contribution is -2.58. The minimum atomic E-state index is -4.69. The first kappa shape index (κ1) is 21.4. The van der Waals surface area contributed by atoms with Gasteiger partial charge in [0.2, 0.25) is 0 Å². The van der Waals surface area contributed by atoms with Crippen molar-refractivity contribution in [1.29, 1.82) is 0 Å². The van der Waals surface area contributed by atoms with E-state index in [1.165, 1.54) is 64.2 Å². The third kappa shape index (κ3) is 6.03. The van der Waals surface area contributed by atoms with Crippen LogP contribution >= 0.6 is 0 Å². The van der Waals surface area contributed by atoms with Crippen LogP contribution in [0.1, 0.15) is 71.1 Å². The van der Waals surface area contributed by atoms with Crippen molar-refractivity contribution in [2.24, 2.45) is 17.8 Å². The molecule has 1 aliphatic heterocycles. The standard InChI is InChI=1S/C18H34N2.ClHO4/c1-14-17(15-10-6-4-7-11-15)19(2)20(3)18(14)16-12-8-5-9-13-16;2-1(3,4)5/h14-18H,4-13H2,1-3H3;(H,2,3,4,5). The van der Waals surface area contributed by atoms with E-state index in [4.69, 9.17) is 18.6 Å². The van der Waals surface area contributed by atoms with Crippen molar-refractivity contribution in [2.45, 2.75) is 83.2 Å². The van der Waals surface area contributed by atoms with Gasteiger partial charge in [0.1, 0.15) is 0 Å². The van der Waals surface area contributed by atoms with Crippen molar-refractivity contribution in [3.05, 3.63) is 0 Å². The molecule has 0 radical (unpaired) electrons. The van der Waals surface area contributed by atoms with E-state index < -0.39 is 10.2 Å². The third-order valence-corrected chi connectivity index (χ3v) is 6.70. The summed E-state index contributed by atoms with van der Waals surface area (Å²) >= 11 is 0. The summed E-state index contributed by atoms with van der Waals surface area (Å²) in [7, 11) is 0.0250. The summed E-state index contributed by atoms with van der Waals surface area (Å²) in [6, 6.07) is 1.62. The molecule has 0 amide bonds. The minimum absolute atomic E-state index is 0.812. The quantitative estimate of drug-likeness (QED) is 0.736. The van der Waals surface area contributed by atoms with Crippen LogP contribution in [0.2, 0.25) is 0 Å². The summed E-state index contributed by atoms with van der Waals surface area (Å²) in [5.74, 6) is 2.77. The molecule has 25 heavy (non-hydrogen) atoms. The molecule has 148 valence electrons. The van der Waals surface area contributed by atoms with Crippen molar-refractivity contribution in [2.75, 3.05) is 14.1 Å². The van der Waals surface area contributed by atoms with Gasteiger partial charge in [0, 0.05) is 26.2 Å². The van der Waals surface area contributed by atoms with E-state index >= 15 is 0 Å². The van der Waals surface area contributed by atoms with Gasteiger partial charge in [-0.1, -0.05) is 45.4 Å². The highest BCUT2D eigenvalue weighted by Crippen LogP contribution is 2.43. The topological polar surface area (TPSA) is 95.9 Å². The molecule has 0 bridgehead atoms. The van der Waals surface area contributed by atoms with Crippen LogP contribution < -0.4 is 14.0 Å². The van der Waals surface area contributed by atoms with Crippen molar-refractivity contribution in [1.82, 2.24) is 10.0 Å². The molecule has 6 nitrogen and oxygen atoms in total. The first-order chi connectivity index (χ1) is 11.7. The van der Waals surface area contributed by atoms with Gasteiger partial charge in [-0.3, -0.25) is 0 Å². The molecular formula is C18H35ClN2O4. The lowest BCUT2D eigenvalue weighted by molar-refractivity contribution is -1.92. The van der Waals surface area contributed by atoms with Gasteiger partial charge in [0.25, 0.3) is 0 Å². The SMILES string of the molecule is CC1C(C2CCCCC2)N(C)N(C)C1C1CCCCC1.[O-][Cl+3]([O-])([O-])O. The fourth-order valence-corrected chi connectivity index (χ4v) is 5.72. The molecule has 2 unspecified atom stereocenters. The molecule has 0 aromatic rings. The van der Waals surface area contributed by atoms with Gasteiger partial charge < -0.3 is 0 Å². The van der Waals surface area contributed by atoms with Gasteiger partial charge >= 0.3 is 0 Å². The van der Waals surface area contributed by atoms with Crippen LogP contribution in [-0.2, 0) is 0 Å². The van der Waals surface area contributed by atoms with Crippen molar-refractivity contribution < 1.29 is 28.9 Å². The summed E-state index contributed by atoms with van der Waals surface area (Å²) < 4.78 is 32.7. The fraction of sp³-hybridized carbons (Fsp3) is 1.00. The monoisotopic (exact) mass is 378 g/mol. The van der Waals surface area contributed by atoms with Crippen molar-refractivity contribution in [3.8, 4) is 0 Å². The molecule has 0 aromatic carbocycles. The second-order valence-corrected chi connectivity index (χ2v) is 8.97. The molecule has 2 aliphatic carbocycles. The van der Waals surface area contributed by atoms with Crippen LogP contribution in [0.15, 0.2) is 0 Å². The van der Waals surface area contributed by atoms with E-state index in [0.29, 0.717) is 0 Å². The number of halogens is 1. The molecule has 3 aliphatic rings. The second kappa shape index (κ2) is 9.31. The van der Waals surface area contributed by atoms with Crippen LogP contribution in [0.3, 0.4) is 0 Å². The summed E-state index contributed by atoms with van der Waals surface area (Å²) in [4.78, 5) is 0. The zero-order chi connectivity index (χ0) is 18.6. The van der Waals surface area contributed by atoms with Crippen LogP contribution in [0.5, 0.6) is 0 Å².